The molecule has 1 saturated carbocycles. The molecule has 0 spiro atoms. The van der Waals surface area contributed by atoms with E-state index in [9.17, 15) is 5.11 Å². The molecule has 1 aliphatic rings. The second-order valence-electron chi connectivity index (χ2n) is 6.99. The van der Waals surface area contributed by atoms with E-state index in [1.807, 2.05) is 20.8 Å². The van der Waals surface area contributed by atoms with Crippen molar-refractivity contribution in [3.63, 3.8) is 0 Å². The molecule has 1 rings (SSSR count). The van der Waals surface area contributed by atoms with Crippen LogP contribution in [0.4, 0.5) is 0 Å². The molecule has 1 fully saturated rings. The first-order valence-electron chi connectivity index (χ1n) is 7.96. The highest BCUT2D eigenvalue weighted by Gasteiger charge is 2.21. The van der Waals surface area contributed by atoms with Gasteiger partial charge in [0, 0.05) is 12.6 Å². The first-order chi connectivity index (χ1) is 8.90. The summed E-state index contributed by atoms with van der Waals surface area (Å²) in [5.41, 5.74) is -0.167. The van der Waals surface area contributed by atoms with Crippen LogP contribution in [0, 0.1) is 5.92 Å². The van der Waals surface area contributed by atoms with Crippen molar-refractivity contribution in [2.24, 2.45) is 5.92 Å². The molecule has 1 atom stereocenters. The Morgan fingerprint density at radius 2 is 1.84 bits per heavy atom. The highest BCUT2D eigenvalue weighted by atomic mass is 16.5. The monoisotopic (exact) mass is 271 g/mol. The van der Waals surface area contributed by atoms with Gasteiger partial charge in [-0.2, -0.15) is 0 Å². The molecule has 0 aromatic rings. The minimum Gasteiger partial charge on any atom is -0.389 e. The summed E-state index contributed by atoms with van der Waals surface area (Å²) in [5.74, 6) is 0.942. The Morgan fingerprint density at radius 3 is 2.37 bits per heavy atom. The van der Waals surface area contributed by atoms with E-state index in [1.54, 1.807) is 0 Å². The van der Waals surface area contributed by atoms with Gasteiger partial charge in [-0.1, -0.05) is 19.8 Å². The second-order valence-corrected chi connectivity index (χ2v) is 6.99. The lowest BCUT2D eigenvalue weighted by Gasteiger charge is -2.30. The molecule has 0 amide bonds. The Bertz CT molecular complexity index is 229. The number of ether oxygens (including phenoxy) is 1. The maximum Gasteiger partial charge on any atom is 0.0898 e. The summed E-state index contributed by atoms with van der Waals surface area (Å²) in [4.78, 5) is 0. The fourth-order valence-corrected chi connectivity index (χ4v) is 2.77. The Kier molecular flexibility index (Phi) is 7.33. The fourth-order valence-electron chi connectivity index (χ4n) is 2.77. The van der Waals surface area contributed by atoms with Gasteiger partial charge in [0.1, 0.15) is 0 Å². The lowest BCUT2D eigenvalue weighted by atomic mass is 9.83. The Hall–Kier alpha value is -0.120. The van der Waals surface area contributed by atoms with Gasteiger partial charge in [0.2, 0.25) is 0 Å². The summed E-state index contributed by atoms with van der Waals surface area (Å²) in [6.45, 7) is 9.39. The van der Waals surface area contributed by atoms with E-state index in [-0.39, 0.29) is 5.60 Å². The number of nitrogens with one attached hydrogen (secondary N) is 1. The van der Waals surface area contributed by atoms with E-state index in [0.717, 1.165) is 5.92 Å². The Balaban J connectivity index is 2.09. The van der Waals surface area contributed by atoms with Crippen molar-refractivity contribution in [2.45, 2.75) is 84.0 Å². The number of aliphatic hydroxyl groups excluding tert-OH is 1. The molecule has 0 heterocycles. The largest absolute Gasteiger partial charge is 0.389 e. The zero-order valence-electron chi connectivity index (χ0n) is 13.2. The molecular weight excluding hydrogens is 238 g/mol. The van der Waals surface area contributed by atoms with Gasteiger partial charge in [0.25, 0.3) is 0 Å². The second kappa shape index (κ2) is 8.23. The van der Waals surface area contributed by atoms with Crippen molar-refractivity contribution in [3.8, 4) is 0 Å². The molecule has 0 aromatic carbocycles. The molecule has 1 aliphatic carbocycles. The van der Waals surface area contributed by atoms with Gasteiger partial charge >= 0.3 is 0 Å². The Morgan fingerprint density at radius 1 is 1.21 bits per heavy atom. The van der Waals surface area contributed by atoms with Crippen molar-refractivity contribution in [1.82, 2.24) is 5.32 Å². The molecule has 0 aromatic heterocycles. The lowest BCUT2D eigenvalue weighted by molar-refractivity contribution is -0.0486. The van der Waals surface area contributed by atoms with E-state index in [1.165, 1.54) is 38.5 Å². The number of hydrogen-bond donors (Lipinski definition) is 2. The van der Waals surface area contributed by atoms with Gasteiger partial charge in [0.05, 0.1) is 18.3 Å². The minimum atomic E-state index is -0.396. The lowest BCUT2D eigenvalue weighted by Crippen LogP contribution is -2.40. The summed E-state index contributed by atoms with van der Waals surface area (Å²) in [7, 11) is 0. The number of rotatable bonds is 7. The summed E-state index contributed by atoms with van der Waals surface area (Å²) in [6.07, 6.45) is 7.52. The minimum absolute atomic E-state index is 0.167. The summed E-state index contributed by atoms with van der Waals surface area (Å²) < 4.78 is 5.59. The first-order valence-corrected chi connectivity index (χ1v) is 7.96. The van der Waals surface area contributed by atoms with Gasteiger partial charge in [-0.3, -0.25) is 0 Å². The van der Waals surface area contributed by atoms with E-state index < -0.39 is 6.10 Å². The highest BCUT2D eigenvalue weighted by Crippen LogP contribution is 2.27. The van der Waals surface area contributed by atoms with E-state index in [0.29, 0.717) is 19.2 Å². The van der Waals surface area contributed by atoms with Crippen LogP contribution >= 0.6 is 0 Å². The Labute approximate surface area is 119 Å². The molecule has 3 nitrogen and oxygen atoms in total. The predicted molar refractivity (Wildman–Crippen MR) is 80.4 cm³/mol. The molecule has 2 N–H and O–H groups in total. The van der Waals surface area contributed by atoms with E-state index >= 15 is 0 Å². The van der Waals surface area contributed by atoms with Gasteiger partial charge in [-0.25, -0.2) is 0 Å². The van der Waals surface area contributed by atoms with E-state index in [2.05, 4.69) is 12.2 Å². The maximum absolute atomic E-state index is 9.89. The third-order valence-corrected chi connectivity index (χ3v) is 3.89. The topological polar surface area (TPSA) is 41.5 Å². The zero-order valence-corrected chi connectivity index (χ0v) is 13.2. The van der Waals surface area contributed by atoms with Crippen LogP contribution in [-0.4, -0.2) is 36.0 Å². The van der Waals surface area contributed by atoms with Crippen LogP contribution < -0.4 is 5.32 Å². The summed E-state index contributed by atoms with van der Waals surface area (Å²) in [5, 5.41) is 13.4. The molecule has 19 heavy (non-hydrogen) atoms. The smallest absolute Gasteiger partial charge is 0.0898 e. The van der Waals surface area contributed by atoms with Crippen molar-refractivity contribution in [3.05, 3.63) is 0 Å². The third kappa shape index (κ3) is 7.91. The molecule has 0 bridgehead atoms. The summed E-state index contributed by atoms with van der Waals surface area (Å²) >= 11 is 0. The molecular formula is C16H33NO2. The van der Waals surface area contributed by atoms with Crippen LogP contribution in [0.15, 0.2) is 0 Å². The zero-order chi connectivity index (χ0) is 14.3. The van der Waals surface area contributed by atoms with Crippen molar-refractivity contribution >= 4 is 0 Å². The highest BCUT2D eigenvalue weighted by molar-refractivity contribution is 4.78. The molecule has 3 heteroatoms. The quantitative estimate of drug-likeness (QED) is 0.747. The van der Waals surface area contributed by atoms with Crippen molar-refractivity contribution in [2.75, 3.05) is 13.2 Å². The molecule has 0 saturated heterocycles. The van der Waals surface area contributed by atoms with Gasteiger partial charge in [-0.15, -0.1) is 0 Å². The SMILES string of the molecule is CCCC1CCC(NCC(O)COC(C)(C)C)CC1. The first kappa shape index (κ1) is 16.9. The van der Waals surface area contributed by atoms with Gasteiger partial charge in [-0.05, 0) is 52.4 Å². The van der Waals surface area contributed by atoms with Crippen molar-refractivity contribution < 1.29 is 9.84 Å². The average molecular weight is 271 g/mol. The summed E-state index contributed by atoms with van der Waals surface area (Å²) in [6, 6.07) is 0.595. The van der Waals surface area contributed by atoms with Crippen LogP contribution in [0.3, 0.4) is 0 Å². The standard InChI is InChI=1S/C16H33NO2/c1-5-6-13-7-9-14(10-8-13)17-11-15(18)12-19-16(2,3)4/h13-15,17-18H,5-12H2,1-4H3. The number of hydrogen-bond acceptors (Lipinski definition) is 3. The fraction of sp³-hybridized carbons (Fsp3) is 1.00. The van der Waals surface area contributed by atoms with Crippen LogP contribution in [-0.2, 0) is 4.74 Å². The average Bonchev–Trinajstić information content (AvgIpc) is 2.35. The predicted octanol–water partition coefficient (Wildman–Crippen LogP) is 3.11. The number of aliphatic hydroxyl groups is 1. The van der Waals surface area contributed by atoms with Crippen LogP contribution in [0.25, 0.3) is 0 Å². The molecule has 114 valence electrons. The molecule has 1 unspecified atom stereocenters. The molecule has 0 aliphatic heterocycles. The normalized spacial score (nSPS) is 26.4. The van der Waals surface area contributed by atoms with Gasteiger partial charge in [0.15, 0.2) is 0 Å². The van der Waals surface area contributed by atoms with Crippen molar-refractivity contribution in [1.29, 1.82) is 0 Å². The third-order valence-electron chi connectivity index (χ3n) is 3.89. The van der Waals surface area contributed by atoms with Gasteiger partial charge < -0.3 is 15.2 Å². The van der Waals surface area contributed by atoms with E-state index in [4.69, 9.17) is 4.74 Å². The van der Waals surface area contributed by atoms with Crippen LogP contribution in [0.2, 0.25) is 0 Å². The molecule has 0 radical (unpaired) electrons. The van der Waals surface area contributed by atoms with Crippen LogP contribution in [0.1, 0.15) is 66.2 Å². The maximum atomic E-state index is 9.89. The van der Waals surface area contributed by atoms with Crippen LogP contribution in [0.5, 0.6) is 0 Å².